The molecular weight excluding hydrogens is 430 g/mol. The van der Waals surface area contributed by atoms with Crippen molar-refractivity contribution in [3.05, 3.63) is 59.5 Å². The van der Waals surface area contributed by atoms with Crippen LogP contribution in [0.2, 0.25) is 0 Å². The molecule has 1 heterocycles. The minimum absolute atomic E-state index is 0.290. The fourth-order valence-corrected chi connectivity index (χ4v) is 5.12. The van der Waals surface area contributed by atoms with Crippen LogP contribution < -0.4 is 10.3 Å². The van der Waals surface area contributed by atoms with Gasteiger partial charge in [0, 0.05) is 43.8 Å². The van der Waals surface area contributed by atoms with E-state index in [-0.39, 0.29) is 0 Å². The van der Waals surface area contributed by atoms with Crippen molar-refractivity contribution < 1.29 is 8.42 Å². The number of hydrazone groups is 1. The SMILES string of the molecule is CCN(CC)S(=O)(=O)c1ccc(-c2csc(NN=Cc3ccc(N(C)C)cc3)n2)cc1. The smallest absolute Gasteiger partial charge is 0.243 e. The van der Waals surface area contributed by atoms with E-state index >= 15 is 0 Å². The summed E-state index contributed by atoms with van der Waals surface area (Å²) in [4.78, 5) is 6.87. The molecule has 2 aromatic carbocycles. The molecule has 3 rings (SSSR count). The molecular formula is C22H27N5O2S2. The highest BCUT2D eigenvalue weighted by Gasteiger charge is 2.21. The topological polar surface area (TPSA) is 77.9 Å². The largest absolute Gasteiger partial charge is 0.378 e. The lowest BCUT2D eigenvalue weighted by Crippen LogP contribution is -2.30. The molecule has 0 unspecified atom stereocenters. The average Bonchev–Trinajstić information content (AvgIpc) is 3.24. The quantitative estimate of drug-likeness (QED) is 0.382. The van der Waals surface area contributed by atoms with Crippen molar-refractivity contribution in [3.8, 4) is 11.3 Å². The van der Waals surface area contributed by atoms with Gasteiger partial charge in [-0.2, -0.15) is 9.41 Å². The van der Waals surface area contributed by atoms with E-state index in [0.29, 0.717) is 23.1 Å². The molecule has 0 spiro atoms. The van der Waals surface area contributed by atoms with Crippen molar-refractivity contribution in [2.75, 3.05) is 37.5 Å². The van der Waals surface area contributed by atoms with Crippen molar-refractivity contribution in [1.82, 2.24) is 9.29 Å². The second kappa shape index (κ2) is 10.0. The van der Waals surface area contributed by atoms with Crippen LogP contribution in [0.1, 0.15) is 19.4 Å². The summed E-state index contributed by atoms with van der Waals surface area (Å²) in [6.45, 7) is 4.56. The van der Waals surface area contributed by atoms with E-state index in [1.807, 2.05) is 62.5 Å². The zero-order valence-electron chi connectivity index (χ0n) is 18.1. The second-order valence-corrected chi connectivity index (χ2v) is 9.80. The number of benzene rings is 2. The number of aromatic nitrogens is 1. The van der Waals surface area contributed by atoms with Crippen molar-refractivity contribution in [1.29, 1.82) is 0 Å². The molecule has 0 aliphatic heterocycles. The van der Waals surface area contributed by atoms with Gasteiger partial charge in [0.05, 0.1) is 16.8 Å². The van der Waals surface area contributed by atoms with Crippen molar-refractivity contribution in [3.63, 3.8) is 0 Å². The van der Waals surface area contributed by atoms with Crippen LogP contribution in [-0.4, -0.2) is 51.1 Å². The van der Waals surface area contributed by atoms with Gasteiger partial charge < -0.3 is 4.90 Å². The highest BCUT2D eigenvalue weighted by Crippen LogP contribution is 2.26. The van der Waals surface area contributed by atoms with Gasteiger partial charge in [0.1, 0.15) is 0 Å². The number of hydrogen-bond acceptors (Lipinski definition) is 7. The monoisotopic (exact) mass is 457 g/mol. The van der Waals surface area contributed by atoms with E-state index in [1.165, 1.54) is 15.6 Å². The van der Waals surface area contributed by atoms with Gasteiger partial charge in [-0.3, -0.25) is 5.43 Å². The molecule has 0 saturated heterocycles. The van der Waals surface area contributed by atoms with E-state index < -0.39 is 10.0 Å². The summed E-state index contributed by atoms with van der Waals surface area (Å²) in [5.41, 5.74) is 6.69. The number of nitrogens with one attached hydrogen (secondary N) is 1. The lowest BCUT2D eigenvalue weighted by Gasteiger charge is -2.18. The predicted octanol–water partition coefficient (Wildman–Crippen LogP) is 4.35. The van der Waals surface area contributed by atoms with Gasteiger partial charge >= 0.3 is 0 Å². The molecule has 0 atom stereocenters. The Morgan fingerprint density at radius 1 is 1.03 bits per heavy atom. The molecule has 0 saturated carbocycles. The summed E-state index contributed by atoms with van der Waals surface area (Å²) >= 11 is 1.44. The molecule has 0 fully saturated rings. The molecule has 0 aliphatic rings. The summed E-state index contributed by atoms with van der Waals surface area (Å²) in [6.07, 6.45) is 1.74. The van der Waals surface area contributed by atoms with Gasteiger partial charge in [-0.15, -0.1) is 11.3 Å². The number of rotatable bonds is 9. The Labute approximate surface area is 188 Å². The van der Waals surface area contributed by atoms with Crippen molar-refractivity contribution >= 4 is 38.4 Å². The Kier molecular flexibility index (Phi) is 7.42. The Bertz CT molecular complexity index is 1120. The summed E-state index contributed by atoms with van der Waals surface area (Å²) < 4.78 is 26.7. The van der Waals surface area contributed by atoms with Gasteiger partial charge in [-0.1, -0.05) is 38.1 Å². The highest BCUT2D eigenvalue weighted by molar-refractivity contribution is 7.89. The number of sulfonamides is 1. The Balaban J connectivity index is 1.66. The van der Waals surface area contributed by atoms with Gasteiger partial charge in [0.15, 0.2) is 0 Å². The lowest BCUT2D eigenvalue weighted by atomic mass is 10.2. The van der Waals surface area contributed by atoms with Crippen LogP contribution >= 0.6 is 11.3 Å². The average molecular weight is 458 g/mol. The third-order valence-corrected chi connectivity index (χ3v) is 7.59. The van der Waals surface area contributed by atoms with Gasteiger partial charge in [-0.25, -0.2) is 13.4 Å². The number of nitrogens with zero attached hydrogens (tertiary/aromatic N) is 4. The summed E-state index contributed by atoms with van der Waals surface area (Å²) in [7, 11) is 0.545. The first-order valence-electron chi connectivity index (χ1n) is 9.97. The second-order valence-electron chi connectivity index (χ2n) is 7.01. The van der Waals surface area contributed by atoms with Crippen LogP contribution in [0.25, 0.3) is 11.3 Å². The Morgan fingerprint density at radius 3 is 2.26 bits per heavy atom. The first-order valence-corrected chi connectivity index (χ1v) is 12.3. The van der Waals surface area contributed by atoms with Crippen LogP contribution in [0.5, 0.6) is 0 Å². The molecule has 164 valence electrons. The molecule has 0 radical (unpaired) electrons. The number of hydrogen-bond donors (Lipinski definition) is 1. The van der Waals surface area contributed by atoms with Crippen LogP contribution in [0.15, 0.2) is 63.9 Å². The lowest BCUT2D eigenvalue weighted by molar-refractivity contribution is 0.445. The fourth-order valence-electron chi connectivity index (χ4n) is 2.99. The summed E-state index contributed by atoms with van der Waals surface area (Å²) in [5, 5.41) is 6.83. The molecule has 3 aromatic rings. The first kappa shape index (κ1) is 22.9. The van der Waals surface area contributed by atoms with Crippen molar-refractivity contribution in [2.45, 2.75) is 18.7 Å². The minimum Gasteiger partial charge on any atom is -0.378 e. The maximum absolute atomic E-state index is 12.6. The molecule has 31 heavy (non-hydrogen) atoms. The predicted molar refractivity (Wildman–Crippen MR) is 130 cm³/mol. The van der Waals surface area contributed by atoms with Crippen LogP contribution in [0.3, 0.4) is 0 Å². The molecule has 9 heteroatoms. The molecule has 1 aromatic heterocycles. The maximum Gasteiger partial charge on any atom is 0.243 e. The van der Waals surface area contributed by atoms with E-state index in [4.69, 9.17) is 0 Å². The zero-order chi connectivity index (χ0) is 22.4. The summed E-state index contributed by atoms with van der Waals surface area (Å²) in [5.74, 6) is 0. The van der Waals surface area contributed by atoms with E-state index in [0.717, 1.165) is 22.5 Å². The van der Waals surface area contributed by atoms with E-state index in [2.05, 4.69) is 15.5 Å². The van der Waals surface area contributed by atoms with Gasteiger partial charge in [0.2, 0.25) is 15.2 Å². The fraction of sp³-hybridized carbons (Fsp3) is 0.273. The standard InChI is InChI=1S/C22H27N5O2S2/c1-5-27(6-2)31(28,29)20-13-9-18(10-14-20)21-16-30-22(24-21)25-23-15-17-7-11-19(12-8-17)26(3)4/h7-16H,5-6H2,1-4H3,(H,24,25). The molecule has 0 amide bonds. The molecule has 7 nitrogen and oxygen atoms in total. The molecule has 0 aliphatic carbocycles. The zero-order valence-corrected chi connectivity index (χ0v) is 19.7. The van der Waals surface area contributed by atoms with Crippen LogP contribution in [0.4, 0.5) is 10.8 Å². The van der Waals surface area contributed by atoms with Crippen LogP contribution in [-0.2, 0) is 10.0 Å². The van der Waals surface area contributed by atoms with E-state index in [1.54, 1.807) is 30.5 Å². The van der Waals surface area contributed by atoms with Gasteiger partial charge in [0.25, 0.3) is 0 Å². The number of thiazole rings is 1. The highest BCUT2D eigenvalue weighted by atomic mass is 32.2. The Hall–Kier alpha value is -2.75. The minimum atomic E-state index is -3.46. The van der Waals surface area contributed by atoms with Gasteiger partial charge in [-0.05, 0) is 29.8 Å². The van der Waals surface area contributed by atoms with Crippen LogP contribution in [0, 0.1) is 0 Å². The van der Waals surface area contributed by atoms with E-state index in [9.17, 15) is 8.42 Å². The maximum atomic E-state index is 12.6. The molecule has 1 N–H and O–H groups in total. The summed E-state index contributed by atoms with van der Waals surface area (Å²) in [6, 6.07) is 14.9. The molecule has 0 bridgehead atoms. The third kappa shape index (κ3) is 5.49. The van der Waals surface area contributed by atoms with Crippen molar-refractivity contribution in [2.24, 2.45) is 5.10 Å². The Morgan fingerprint density at radius 2 is 1.68 bits per heavy atom. The first-order chi connectivity index (χ1) is 14.8. The third-order valence-electron chi connectivity index (χ3n) is 4.78. The normalized spacial score (nSPS) is 11.9. The number of anilines is 2.